The van der Waals surface area contributed by atoms with E-state index in [2.05, 4.69) is 15.0 Å². The minimum absolute atomic E-state index is 0.201. The van der Waals surface area contributed by atoms with E-state index in [0.717, 1.165) is 5.56 Å². The molecule has 0 aliphatic heterocycles. The van der Waals surface area contributed by atoms with E-state index in [0.29, 0.717) is 29.2 Å². The van der Waals surface area contributed by atoms with E-state index in [1.54, 1.807) is 24.4 Å². The number of hydrogen-bond acceptors (Lipinski definition) is 3. The highest BCUT2D eigenvalue weighted by Crippen LogP contribution is 2.09. The van der Waals surface area contributed by atoms with Gasteiger partial charge in [-0.15, -0.1) is 0 Å². The Balaban J connectivity index is 1.83. The predicted molar refractivity (Wildman–Crippen MR) is 79.6 cm³/mol. The second-order valence-electron chi connectivity index (χ2n) is 4.43. The van der Waals surface area contributed by atoms with Crippen molar-refractivity contribution in [3.05, 3.63) is 58.4 Å². The van der Waals surface area contributed by atoms with Crippen molar-refractivity contribution in [2.75, 3.05) is 13.7 Å². The molecule has 1 amide bonds. The Bertz CT molecular complexity index is 635. The summed E-state index contributed by atoms with van der Waals surface area (Å²) in [6.07, 6.45) is 2.23. The van der Waals surface area contributed by atoms with Gasteiger partial charge in [-0.1, -0.05) is 23.7 Å². The van der Waals surface area contributed by atoms with Crippen LogP contribution in [0.15, 0.2) is 36.5 Å². The van der Waals surface area contributed by atoms with Crippen molar-refractivity contribution in [2.45, 2.75) is 6.42 Å². The summed E-state index contributed by atoms with van der Waals surface area (Å²) in [5, 5.41) is 3.29. The van der Waals surface area contributed by atoms with Crippen LogP contribution in [0.5, 0.6) is 0 Å². The Labute approximate surface area is 127 Å². The average molecular weight is 307 g/mol. The molecule has 0 aliphatic carbocycles. The zero-order valence-corrected chi connectivity index (χ0v) is 12.2. The Morgan fingerprint density at radius 2 is 2.00 bits per heavy atom. The third-order valence-electron chi connectivity index (χ3n) is 2.97. The van der Waals surface area contributed by atoms with E-state index < -0.39 is 0 Å². The molecule has 2 rings (SSSR count). The lowest BCUT2D eigenvalue weighted by atomic mass is 10.1. The van der Waals surface area contributed by atoms with E-state index in [4.69, 9.17) is 11.6 Å². The van der Waals surface area contributed by atoms with Crippen molar-refractivity contribution in [3.8, 4) is 0 Å². The standard InChI is InChI=1S/C15H15ClN2O3/c1-21-15(20)11-4-2-10(3-5-11)6-7-17-14(19)13-8-12(16)9-18-13/h2-5,8-9,18H,6-7H2,1H3,(H,17,19). The van der Waals surface area contributed by atoms with Crippen molar-refractivity contribution in [1.82, 2.24) is 10.3 Å². The number of nitrogens with one attached hydrogen (secondary N) is 2. The molecule has 0 spiro atoms. The van der Waals surface area contributed by atoms with E-state index in [1.807, 2.05) is 12.1 Å². The molecule has 0 radical (unpaired) electrons. The lowest BCUT2D eigenvalue weighted by Crippen LogP contribution is -2.25. The Morgan fingerprint density at radius 3 is 2.57 bits per heavy atom. The number of carbonyl (C=O) groups excluding carboxylic acids is 2. The summed E-state index contributed by atoms with van der Waals surface area (Å²) in [6.45, 7) is 0.493. The lowest BCUT2D eigenvalue weighted by Gasteiger charge is -2.05. The van der Waals surface area contributed by atoms with Gasteiger partial charge in [-0.2, -0.15) is 0 Å². The molecule has 0 saturated heterocycles. The number of carbonyl (C=O) groups is 2. The molecule has 0 bridgehead atoms. The van der Waals surface area contributed by atoms with Gasteiger partial charge >= 0.3 is 5.97 Å². The van der Waals surface area contributed by atoms with Crippen molar-refractivity contribution >= 4 is 23.5 Å². The van der Waals surface area contributed by atoms with Crippen molar-refractivity contribution in [3.63, 3.8) is 0 Å². The summed E-state index contributed by atoms with van der Waals surface area (Å²) in [5.41, 5.74) is 1.96. The van der Waals surface area contributed by atoms with Gasteiger partial charge in [-0.05, 0) is 30.2 Å². The van der Waals surface area contributed by atoms with Gasteiger partial charge in [0.1, 0.15) is 5.69 Å². The van der Waals surface area contributed by atoms with Crippen LogP contribution in [0.3, 0.4) is 0 Å². The zero-order chi connectivity index (χ0) is 15.2. The number of aromatic amines is 1. The van der Waals surface area contributed by atoms with Crippen LogP contribution in [0.2, 0.25) is 5.02 Å². The lowest BCUT2D eigenvalue weighted by molar-refractivity contribution is 0.0600. The van der Waals surface area contributed by atoms with Gasteiger partial charge in [-0.3, -0.25) is 4.79 Å². The summed E-state index contributed by atoms with van der Waals surface area (Å²) in [7, 11) is 1.35. The third kappa shape index (κ3) is 4.10. The molecule has 2 aromatic rings. The van der Waals surface area contributed by atoms with Crippen LogP contribution in [-0.4, -0.2) is 30.5 Å². The summed E-state index contributed by atoms with van der Waals surface area (Å²) < 4.78 is 4.63. The first-order valence-corrected chi connectivity index (χ1v) is 6.77. The van der Waals surface area contributed by atoms with Gasteiger partial charge in [0, 0.05) is 12.7 Å². The number of H-pyrrole nitrogens is 1. The molecule has 5 nitrogen and oxygen atoms in total. The molecule has 110 valence electrons. The fourth-order valence-corrected chi connectivity index (χ4v) is 2.00. The zero-order valence-electron chi connectivity index (χ0n) is 11.5. The number of halogens is 1. The highest BCUT2D eigenvalue weighted by atomic mass is 35.5. The average Bonchev–Trinajstić information content (AvgIpc) is 2.94. The number of hydrogen-bond donors (Lipinski definition) is 2. The van der Waals surface area contributed by atoms with E-state index >= 15 is 0 Å². The SMILES string of the molecule is COC(=O)c1ccc(CCNC(=O)c2cc(Cl)c[nH]2)cc1. The summed E-state index contributed by atoms with van der Waals surface area (Å²) in [4.78, 5) is 25.8. The third-order valence-corrected chi connectivity index (χ3v) is 3.18. The van der Waals surface area contributed by atoms with E-state index in [-0.39, 0.29) is 11.9 Å². The number of amides is 1. The fraction of sp³-hybridized carbons (Fsp3) is 0.200. The van der Waals surface area contributed by atoms with Crippen LogP contribution in [0.25, 0.3) is 0 Å². The molecular formula is C15H15ClN2O3. The molecule has 1 aromatic carbocycles. The maximum atomic E-state index is 11.8. The quantitative estimate of drug-likeness (QED) is 0.833. The normalized spacial score (nSPS) is 10.2. The molecule has 0 aliphatic rings. The summed E-state index contributed by atoms with van der Waals surface area (Å²) >= 11 is 5.74. The molecule has 0 fully saturated rings. The van der Waals surface area contributed by atoms with Gasteiger partial charge in [0.2, 0.25) is 0 Å². The fourth-order valence-electron chi connectivity index (χ4n) is 1.84. The first-order chi connectivity index (χ1) is 10.1. The van der Waals surface area contributed by atoms with Crippen LogP contribution < -0.4 is 5.32 Å². The Hall–Kier alpha value is -2.27. The second-order valence-corrected chi connectivity index (χ2v) is 4.86. The molecule has 1 aromatic heterocycles. The van der Waals surface area contributed by atoms with Gasteiger partial charge in [-0.25, -0.2) is 4.79 Å². The highest BCUT2D eigenvalue weighted by molar-refractivity contribution is 6.30. The van der Waals surface area contributed by atoms with Crippen LogP contribution >= 0.6 is 11.6 Å². The molecule has 2 N–H and O–H groups in total. The minimum atomic E-state index is -0.363. The maximum absolute atomic E-state index is 11.8. The predicted octanol–water partition coefficient (Wildman–Crippen LogP) is 2.43. The van der Waals surface area contributed by atoms with Crippen molar-refractivity contribution in [1.29, 1.82) is 0 Å². The monoisotopic (exact) mass is 306 g/mol. The van der Waals surface area contributed by atoms with Crippen LogP contribution in [0.1, 0.15) is 26.4 Å². The van der Waals surface area contributed by atoms with Crippen molar-refractivity contribution < 1.29 is 14.3 Å². The number of methoxy groups -OCH3 is 1. The minimum Gasteiger partial charge on any atom is -0.465 e. The van der Waals surface area contributed by atoms with Gasteiger partial charge in [0.15, 0.2) is 0 Å². The number of esters is 1. The van der Waals surface area contributed by atoms with E-state index in [1.165, 1.54) is 7.11 Å². The summed E-state index contributed by atoms with van der Waals surface area (Å²) in [6, 6.07) is 8.65. The van der Waals surface area contributed by atoms with Crippen LogP contribution in [0, 0.1) is 0 Å². The van der Waals surface area contributed by atoms with Gasteiger partial charge < -0.3 is 15.0 Å². The summed E-state index contributed by atoms with van der Waals surface area (Å²) in [5.74, 6) is -0.563. The Kier molecular flexibility index (Phi) is 5.00. The molecule has 0 atom stereocenters. The van der Waals surface area contributed by atoms with Gasteiger partial charge in [0.05, 0.1) is 17.7 Å². The maximum Gasteiger partial charge on any atom is 0.337 e. The number of aromatic nitrogens is 1. The van der Waals surface area contributed by atoms with Crippen LogP contribution in [-0.2, 0) is 11.2 Å². The Morgan fingerprint density at radius 1 is 1.29 bits per heavy atom. The van der Waals surface area contributed by atoms with E-state index in [9.17, 15) is 9.59 Å². The first kappa shape index (κ1) is 15.1. The first-order valence-electron chi connectivity index (χ1n) is 6.39. The number of rotatable bonds is 5. The van der Waals surface area contributed by atoms with Crippen molar-refractivity contribution in [2.24, 2.45) is 0 Å². The molecular weight excluding hydrogens is 292 g/mol. The number of benzene rings is 1. The van der Waals surface area contributed by atoms with Crippen LogP contribution in [0.4, 0.5) is 0 Å². The van der Waals surface area contributed by atoms with Gasteiger partial charge in [0.25, 0.3) is 5.91 Å². The molecule has 1 heterocycles. The molecule has 21 heavy (non-hydrogen) atoms. The number of ether oxygens (including phenoxy) is 1. The molecule has 0 saturated carbocycles. The smallest absolute Gasteiger partial charge is 0.337 e. The highest BCUT2D eigenvalue weighted by Gasteiger charge is 2.07. The second kappa shape index (κ2) is 6.95. The largest absolute Gasteiger partial charge is 0.465 e. The topological polar surface area (TPSA) is 71.2 Å². The molecule has 0 unspecified atom stereocenters. The molecule has 6 heteroatoms.